The summed E-state index contributed by atoms with van der Waals surface area (Å²) in [5.74, 6) is 1.52. The van der Waals surface area contributed by atoms with Gasteiger partial charge in [-0.25, -0.2) is 0 Å². The molecule has 26 heavy (non-hydrogen) atoms. The maximum absolute atomic E-state index is 11.6. The van der Waals surface area contributed by atoms with Gasteiger partial charge in [-0.3, -0.25) is 4.79 Å². The minimum atomic E-state index is -0.754. The van der Waals surface area contributed by atoms with Crippen molar-refractivity contribution in [1.82, 2.24) is 5.32 Å². The van der Waals surface area contributed by atoms with Crippen molar-refractivity contribution in [3.8, 4) is 17.2 Å². The molecule has 0 saturated carbocycles. The van der Waals surface area contributed by atoms with Crippen LogP contribution in [0.1, 0.15) is 5.56 Å². The number of carbonyl (C=O) groups excluding carboxylic acids is 1. The van der Waals surface area contributed by atoms with E-state index in [0.29, 0.717) is 17.4 Å². The fourth-order valence-corrected chi connectivity index (χ4v) is 3.14. The zero-order valence-corrected chi connectivity index (χ0v) is 14.6. The van der Waals surface area contributed by atoms with Gasteiger partial charge in [0, 0.05) is 6.54 Å². The summed E-state index contributed by atoms with van der Waals surface area (Å²) in [7, 11) is 0. The Morgan fingerprint density at radius 1 is 1.19 bits per heavy atom. The van der Waals surface area contributed by atoms with Crippen LogP contribution in [-0.4, -0.2) is 30.5 Å². The van der Waals surface area contributed by atoms with E-state index in [2.05, 4.69) is 5.32 Å². The molecule has 2 aliphatic heterocycles. The predicted molar refractivity (Wildman–Crippen MR) is 99.4 cm³/mol. The van der Waals surface area contributed by atoms with Crippen LogP contribution >= 0.6 is 12.2 Å². The summed E-state index contributed by atoms with van der Waals surface area (Å²) >= 11 is 5.54. The molecule has 1 amide bonds. The Kier molecular flexibility index (Phi) is 4.26. The van der Waals surface area contributed by atoms with E-state index in [1.54, 1.807) is 6.07 Å². The summed E-state index contributed by atoms with van der Waals surface area (Å²) in [5, 5.41) is 3.70. The lowest BCUT2D eigenvalue weighted by Gasteiger charge is -2.35. The molecule has 7 nitrogen and oxygen atoms in total. The molecule has 2 aliphatic rings. The minimum Gasteiger partial charge on any atom is -0.477 e. The topological polar surface area (TPSA) is 86.1 Å². The average molecular weight is 371 g/mol. The Hall–Kier alpha value is -3.00. The van der Waals surface area contributed by atoms with E-state index in [9.17, 15) is 4.79 Å². The largest absolute Gasteiger partial charge is 0.477 e. The van der Waals surface area contributed by atoms with Crippen molar-refractivity contribution in [3.05, 3.63) is 48.0 Å². The van der Waals surface area contributed by atoms with E-state index >= 15 is 0 Å². The van der Waals surface area contributed by atoms with Crippen molar-refractivity contribution in [3.63, 3.8) is 0 Å². The summed E-state index contributed by atoms with van der Waals surface area (Å²) in [6.45, 7) is 1.01. The first-order valence-corrected chi connectivity index (χ1v) is 8.51. The maximum Gasteiger partial charge on any atom is 0.260 e. The number of para-hydroxylation sites is 2. The van der Waals surface area contributed by atoms with Gasteiger partial charge in [-0.15, -0.1) is 0 Å². The van der Waals surface area contributed by atoms with Crippen molar-refractivity contribution in [1.29, 1.82) is 0 Å². The van der Waals surface area contributed by atoms with E-state index in [-0.39, 0.29) is 13.3 Å². The first-order chi connectivity index (χ1) is 12.6. The van der Waals surface area contributed by atoms with Crippen molar-refractivity contribution in [2.24, 2.45) is 5.73 Å². The first-order valence-electron chi connectivity index (χ1n) is 8.11. The summed E-state index contributed by atoms with van der Waals surface area (Å²) < 4.78 is 16.4. The molecule has 2 heterocycles. The number of carbonyl (C=O) groups is 1. The lowest BCUT2D eigenvalue weighted by Crippen LogP contribution is -2.51. The summed E-state index contributed by atoms with van der Waals surface area (Å²) in [4.78, 5) is 13.4. The average Bonchev–Trinajstić information content (AvgIpc) is 3.13. The van der Waals surface area contributed by atoms with Crippen LogP contribution in [0.3, 0.4) is 0 Å². The monoisotopic (exact) mass is 371 g/mol. The van der Waals surface area contributed by atoms with Gasteiger partial charge in [0.1, 0.15) is 5.75 Å². The zero-order valence-electron chi connectivity index (χ0n) is 13.8. The number of benzene rings is 2. The van der Waals surface area contributed by atoms with Crippen LogP contribution in [0.25, 0.3) is 0 Å². The number of amides is 1. The number of ether oxygens (including phenoxy) is 3. The van der Waals surface area contributed by atoms with Crippen LogP contribution in [-0.2, 0) is 11.3 Å². The minimum absolute atomic E-state index is 0.240. The molecule has 0 bridgehead atoms. The molecule has 3 N–H and O–H groups in total. The number of nitrogens with zero attached hydrogens (tertiary/aromatic N) is 1. The molecule has 0 unspecified atom stereocenters. The number of hydrogen-bond donors (Lipinski definition) is 2. The Morgan fingerprint density at radius 2 is 2.00 bits per heavy atom. The van der Waals surface area contributed by atoms with Crippen molar-refractivity contribution < 1.29 is 19.0 Å². The second kappa shape index (κ2) is 6.72. The fraction of sp³-hybridized carbons (Fsp3) is 0.222. The normalized spacial score (nSPS) is 17.2. The maximum atomic E-state index is 11.6. The number of fused-ring (bicyclic) bond motifs is 2. The molecule has 0 fully saturated rings. The van der Waals surface area contributed by atoms with Crippen LogP contribution in [0.4, 0.5) is 5.69 Å². The smallest absolute Gasteiger partial charge is 0.260 e. The quantitative estimate of drug-likeness (QED) is 0.792. The zero-order chi connectivity index (χ0) is 18.1. The first kappa shape index (κ1) is 16.5. The van der Waals surface area contributed by atoms with Gasteiger partial charge in [0.05, 0.1) is 12.2 Å². The number of nitrogens with two attached hydrogens (primary N) is 1. The van der Waals surface area contributed by atoms with Crippen LogP contribution in [0.15, 0.2) is 42.5 Å². The summed E-state index contributed by atoms with van der Waals surface area (Å²) in [6.07, 6.45) is -0.754. The van der Waals surface area contributed by atoms with Gasteiger partial charge in [-0.1, -0.05) is 18.2 Å². The van der Waals surface area contributed by atoms with Crippen molar-refractivity contribution >= 4 is 28.9 Å². The van der Waals surface area contributed by atoms with Crippen LogP contribution in [0.2, 0.25) is 0 Å². The molecule has 134 valence electrons. The van der Waals surface area contributed by atoms with Gasteiger partial charge in [0.25, 0.3) is 5.91 Å². The molecular weight excluding hydrogens is 354 g/mol. The van der Waals surface area contributed by atoms with E-state index in [0.717, 1.165) is 22.7 Å². The number of rotatable bonds is 3. The van der Waals surface area contributed by atoms with Gasteiger partial charge in [-0.05, 0) is 42.0 Å². The molecule has 0 aromatic heterocycles. The number of hydrogen-bond acceptors (Lipinski definition) is 5. The highest BCUT2D eigenvalue weighted by Gasteiger charge is 2.31. The van der Waals surface area contributed by atoms with Crippen molar-refractivity contribution in [2.75, 3.05) is 18.2 Å². The lowest BCUT2D eigenvalue weighted by molar-refractivity contribution is -0.124. The Bertz CT molecular complexity index is 873. The van der Waals surface area contributed by atoms with Gasteiger partial charge < -0.3 is 30.2 Å². The molecule has 1 atom stereocenters. The number of anilines is 1. The van der Waals surface area contributed by atoms with Gasteiger partial charge >= 0.3 is 0 Å². The molecular formula is C18H17N3O4S. The second-order valence-corrected chi connectivity index (χ2v) is 6.32. The summed E-state index contributed by atoms with van der Waals surface area (Å²) in [6, 6.07) is 13.1. The lowest BCUT2D eigenvalue weighted by atomic mass is 10.2. The standard InChI is InChI=1S/C18H17N3O4S/c19-17(22)16-9-21(12-3-1-2-4-13(12)25-16)18(26)20-8-11-5-6-14-15(7-11)24-10-23-14/h1-7,16H,8-10H2,(H2,19,22)(H,20,26)/t16-/m1/s1. The summed E-state index contributed by atoms with van der Waals surface area (Å²) in [5.41, 5.74) is 7.23. The molecule has 4 rings (SSSR count). The Morgan fingerprint density at radius 3 is 2.85 bits per heavy atom. The third-order valence-electron chi connectivity index (χ3n) is 4.22. The molecule has 0 radical (unpaired) electrons. The van der Waals surface area contributed by atoms with Crippen LogP contribution in [0.5, 0.6) is 17.2 Å². The van der Waals surface area contributed by atoms with Gasteiger partial charge in [0.15, 0.2) is 22.7 Å². The third kappa shape index (κ3) is 3.11. The highest BCUT2D eigenvalue weighted by atomic mass is 32.1. The number of thiocarbonyl (C=S) groups is 1. The SMILES string of the molecule is NC(=O)[C@H]1CN(C(=S)NCc2ccc3c(c2)OCO3)c2ccccc2O1. The molecule has 0 saturated heterocycles. The molecule has 2 aromatic rings. The fourth-order valence-electron chi connectivity index (χ4n) is 2.90. The third-order valence-corrected chi connectivity index (χ3v) is 4.58. The Labute approximate surface area is 155 Å². The molecule has 0 spiro atoms. The van der Waals surface area contributed by atoms with E-state index < -0.39 is 12.0 Å². The van der Waals surface area contributed by atoms with Crippen LogP contribution in [0, 0.1) is 0 Å². The van der Waals surface area contributed by atoms with E-state index in [1.807, 2.05) is 41.3 Å². The van der Waals surface area contributed by atoms with Crippen LogP contribution < -0.4 is 30.2 Å². The number of primary amides is 1. The Balaban J connectivity index is 1.49. The van der Waals surface area contributed by atoms with E-state index in [4.69, 9.17) is 32.2 Å². The predicted octanol–water partition coefficient (Wildman–Crippen LogP) is 1.54. The highest BCUT2D eigenvalue weighted by molar-refractivity contribution is 7.80. The number of nitrogens with one attached hydrogen (secondary N) is 1. The highest BCUT2D eigenvalue weighted by Crippen LogP contribution is 2.34. The van der Waals surface area contributed by atoms with Gasteiger partial charge in [0.2, 0.25) is 6.79 Å². The molecule has 8 heteroatoms. The van der Waals surface area contributed by atoms with Crippen molar-refractivity contribution in [2.45, 2.75) is 12.6 Å². The molecule has 2 aromatic carbocycles. The van der Waals surface area contributed by atoms with E-state index in [1.165, 1.54) is 0 Å². The molecule has 0 aliphatic carbocycles. The van der Waals surface area contributed by atoms with Gasteiger partial charge in [-0.2, -0.15) is 0 Å². The second-order valence-electron chi connectivity index (χ2n) is 5.93.